The molecular weight excluding hydrogens is 287 g/mol. The number of carbonyl (C=O) groups excluding carboxylic acids is 2. The summed E-state index contributed by atoms with van der Waals surface area (Å²) in [6, 6.07) is 7.97. The Morgan fingerprint density at radius 1 is 1.27 bits per heavy atom. The fraction of sp³-hybridized carbons (Fsp3) is 0.133. The normalized spacial score (nSPS) is 10.9. The topological polar surface area (TPSA) is 89.5 Å². The van der Waals surface area contributed by atoms with Gasteiger partial charge in [0.2, 0.25) is 0 Å². The van der Waals surface area contributed by atoms with Gasteiger partial charge >= 0.3 is 11.8 Å². The number of hydrazone groups is 1. The van der Waals surface area contributed by atoms with E-state index >= 15 is 0 Å². The van der Waals surface area contributed by atoms with E-state index in [2.05, 4.69) is 5.10 Å². The Labute approximate surface area is 126 Å². The van der Waals surface area contributed by atoms with E-state index in [1.807, 2.05) is 29.9 Å². The van der Waals surface area contributed by atoms with Crippen molar-refractivity contribution in [2.75, 3.05) is 0 Å². The molecule has 22 heavy (non-hydrogen) atoms. The summed E-state index contributed by atoms with van der Waals surface area (Å²) in [6.07, 6.45) is 1.42. The molecule has 0 spiro atoms. The second-order valence-corrected chi connectivity index (χ2v) is 4.70. The van der Waals surface area contributed by atoms with Gasteiger partial charge in [-0.25, -0.2) is 9.82 Å². The zero-order valence-electron chi connectivity index (χ0n) is 12.1. The van der Waals surface area contributed by atoms with Gasteiger partial charge < -0.3 is 10.3 Å². The fourth-order valence-electron chi connectivity index (χ4n) is 2.12. The lowest BCUT2D eigenvalue weighted by Crippen LogP contribution is -2.32. The zero-order valence-corrected chi connectivity index (χ0v) is 12.1. The Morgan fingerprint density at radius 2 is 1.91 bits per heavy atom. The standard InChI is InChI=1S/C15H15FN4O2/c1-9-7-11(8-18-19-15(22)14(17)21)10(2)20(9)13-5-3-12(16)4-6-13/h3-8H,1-2H3,(H2,17,21)(H,19,22)/b18-8-. The predicted molar refractivity (Wildman–Crippen MR) is 80.1 cm³/mol. The van der Waals surface area contributed by atoms with Crippen molar-refractivity contribution in [3.8, 4) is 5.69 Å². The van der Waals surface area contributed by atoms with Gasteiger partial charge in [0.05, 0.1) is 6.21 Å². The molecule has 1 heterocycles. The minimum atomic E-state index is -1.10. The van der Waals surface area contributed by atoms with Crippen molar-refractivity contribution >= 4 is 18.0 Å². The van der Waals surface area contributed by atoms with Crippen LogP contribution in [0.1, 0.15) is 17.0 Å². The van der Waals surface area contributed by atoms with Crippen molar-refractivity contribution in [2.24, 2.45) is 10.8 Å². The molecule has 3 N–H and O–H groups in total. The van der Waals surface area contributed by atoms with Crippen LogP contribution in [-0.4, -0.2) is 22.6 Å². The van der Waals surface area contributed by atoms with Crippen molar-refractivity contribution in [3.05, 3.63) is 53.1 Å². The lowest BCUT2D eigenvalue weighted by molar-refractivity contribution is -0.137. The van der Waals surface area contributed by atoms with Gasteiger partial charge in [0.1, 0.15) is 5.82 Å². The first kappa shape index (κ1) is 15.4. The van der Waals surface area contributed by atoms with Gasteiger partial charge in [-0.1, -0.05) is 0 Å². The first-order valence-corrected chi connectivity index (χ1v) is 6.48. The number of carbonyl (C=O) groups is 2. The number of aryl methyl sites for hydroxylation is 1. The molecule has 1 aromatic heterocycles. The third kappa shape index (κ3) is 3.20. The van der Waals surface area contributed by atoms with Crippen LogP contribution in [0.3, 0.4) is 0 Å². The molecule has 0 aliphatic rings. The average Bonchev–Trinajstić information content (AvgIpc) is 2.74. The van der Waals surface area contributed by atoms with Crippen LogP contribution in [0.4, 0.5) is 4.39 Å². The minimum Gasteiger partial charge on any atom is -0.361 e. The molecule has 2 aromatic rings. The van der Waals surface area contributed by atoms with Crippen molar-refractivity contribution in [2.45, 2.75) is 13.8 Å². The van der Waals surface area contributed by atoms with Gasteiger partial charge in [-0.15, -0.1) is 0 Å². The van der Waals surface area contributed by atoms with Gasteiger partial charge in [-0.05, 0) is 44.2 Å². The highest BCUT2D eigenvalue weighted by Gasteiger charge is 2.10. The number of nitrogens with zero attached hydrogens (tertiary/aromatic N) is 2. The molecule has 0 atom stereocenters. The molecule has 0 saturated heterocycles. The lowest BCUT2D eigenvalue weighted by atomic mass is 10.2. The van der Waals surface area contributed by atoms with Gasteiger partial charge in [0.25, 0.3) is 0 Å². The maximum atomic E-state index is 13.0. The van der Waals surface area contributed by atoms with Crippen LogP contribution in [0.5, 0.6) is 0 Å². The maximum Gasteiger partial charge on any atom is 0.329 e. The van der Waals surface area contributed by atoms with Crippen LogP contribution in [-0.2, 0) is 9.59 Å². The van der Waals surface area contributed by atoms with Gasteiger partial charge in [0.15, 0.2) is 0 Å². The maximum absolute atomic E-state index is 13.0. The highest BCUT2D eigenvalue weighted by Crippen LogP contribution is 2.19. The molecule has 7 heteroatoms. The first-order chi connectivity index (χ1) is 10.4. The summed E-state index contributed by atoms with van der Waals surface area (Å²) in [7, 11) is 0. The second kappa shape index (κ2) is 6.21. The number of amides is 2. The summed E-state index contributed by atoms with van der Waals surface area (Å²) in [5.41, 5.74) is 10.2. The molecule has 0 saturated carbocycles. The largest absolute Gasteiger partial charge is 0.361 e. The molecule has 1 aromatic carbocycles. The van der Waals surface area contributed by atoms with Crippen molar-refractivity contribution in [1.82, 2.24) is 9.99 Å². The molecule has 0 aliphatic carbocycles. The van der Waals surface area contributed by atoms with E-state index in [-0.39, 0.29) is 5.82 Å². The molecule has 6 nitrogen and oxygen atoms in total. The average molecular weight is 302 g/mol. The Kier molecular flexibility index (Phi) is 4.36. The molecule has 0 bridgehead atoms. The summed E-state index contributed by atoms with van der Waals surface area (Å²) in [5.74, 6) is -2.39. The minimum absolute atomic E-state index is 0.304. The van der Waals surface area contributed by atoms with E-state index in [9.17, 15) is 14.0 Å². The number of rotatable bonds is 3. The zero-order chi connectivity index (χ0) is 16.3. The number of halogens is 1. The molecule has 2 amide bonds. The second-order valence-electron chi connectivity index (χ2n) is 4.70. The Morgan fingerprint density at radius 3 is 2.50 bits per heavy atom. The quantitative estimate of drug-likeness (QED) is 0.506. The highest BCUT2D eigenvalue weighted by atomic mass is 19.1. The van der Waals surface area contributed by atoms with E-state index < -0.39 is 11.8 Å². The summed E-state index contributed by atoms with van der Waals surface area (Å²) in [6.45, 7) is 3.77. The number of nitrogens with two attached hydrogens (primary N) is 1. The predicted octanol–water partition coefficient (Wildman–Crippen LogP) is 1.17. The van der Waals surface area contributed by atoms with Crippen molar-refractivity contribution in [3.63, 3.8) is 0 Å². The fourth-order valence-corrected chi connectivity index (χ4v) is 2.12. The molecule has 0 fully saturated rings. The van der Waals surface area contributed by atoms with Crippen LogP contribution in [0.2, 0.25) is 0 Å². The molecule has 0 unspecified atom stereocenters. The number of benzene rings is 1. The van der Waals surface area contributed by atoms with E-state index in [0.29, 0.717) is 0 Å². The Hall–Kier alpha value is -2.96. The highest BCUT2D eigenvalue weighted by molar-refractivity contribution is 6.34. The number of primary amides is 1. The molecule has 2 rings (SSSR count). The number of aromatic nitrogens is 1. The monoisotopic (exact) mass is 302 g/mol. The lowest BCUT2D eigenvalue weighted by Gasteiger charge is -2.09. The molecule has 114 valence electrons. The van der Waals surface area contributed by atoms with Crippen LogP contribution in [0, 0.1) is 19.7 Å². The van der Waals surface area contributed by atoms with Crippen LogP contribution >= 0.6 is 0 Å². The van der Waals surface area contributed by atoms with Crippen molar-refractivity contribution < 1.29 is 14.0 Å². The SMILES string of the molecule is Cc1cc(/C=N\NC(=O)C(N)=O)c(C)n1-c1ccc(F)cc1. The smallest absolute Gasteiger partial charge is 0.329 e. The Balaban J connectivity index is 2.27. The van der Waals surface area contributed by atoms with E-state index in [0.717, 1.165) is 22.6 Å². The summed E-state index contributed by atoms with van der Waals surface area (Å²) >= 11 is 0. The molecule has 0 aliphatic heterocycles. The third-order valence-electron chi connectivity index (χ3n) is 3.15. The van der Waals surface area contributed by atoms with Gasteiger partial charge in [0, 0.05) is 22.6 Å². The van der Waals surface area contributed by atoms with Crippen LogP contribution < -0.4 is 11.2 Å². The van der Waals surface area contributed by atoms with Crippen LogP contribution in [0.15, 0.2) is 35.4 Å². The molecular formula is C15H15FN4O2. The van der Waals surface area contributed by atoms with Gasteiger partial charge in [-0.2, -0.15) is 5.10 Å². The summed E-state index contributed by atoms with van der Waals surface area (Å²) in [5, 5.41) is 3.69. The first-order valence-electron chi connectivity index (χ1n) is 6.48. The Bertz CT molecular complexity index is 748. The van der Waals surface area contributed by atoms with E-state index in [1.54, 1.807) is 12.1 Å². The van der Waals surface area contributed by atoms with E-state index in [1.165, 1.54) is 18.3 Å². The summed E-state index contributed by atoms with van der Waals surface area (Å²) in [4.78, 5) is 21.6. The summed E-state index contributed by atoms with van der Waals surface area (Å²) < 4.78 is 14.9. The number of hydrogen-bond donors (Lipinski definition) is 2. The number of nitrogens with one attached hydrogen (secondary N) is 1. The van der Waals surface area contributed by atoms with E-state index in [4.69, 9.17) is 5.73 Å². The van der Waals surface area contributed by atoms with Crippen molar-refractivity contribution in [1.29, 1.82) is 0 Å². The third-order valence-corrected chi connectivity index (χ3v) is 3.15. The van der Waals surface area contributed by atoms with Gasteiger partial charge in [-0.3, -0.25) is 9.59 Å². The molecule has 0 radical (unpaired) electrons. The van der Waals surface area contributed by atoms with Crippen LogP contribution in [0.25, 0.3) is 5.69 Å². The number of hydrogen-bond acceptors (Lipinski definition) is 3.